The van der Waals surface area contributed by atoms with Crippen molar-refractivity contribution in [2.75, 3.05) is 45.5 Å². The van der Waals surface area contributed by atoms with E-state index in [1.165, 1.54) is 22.3 Å². The van der Waals surface area contributed by atoms with Crippen molar-refractivity contribution in [2.24, 2.45) is 10.3 Å². The smallest absolute Gasteiger partial charge is 0.308 e. The number of nitrogens with one attached hydrogen (secondary N) is 1. The Morgan fingerprint density at radius 1 is 1.00 bits per heavy atom. The second kappa shape index (κ2) is 13.7. The zero-order valence-corrected chi connectivity index (χ0v) is 28.4. The molecule has 4 aliphatic rings. The Labute approximate surface area is 275 Å². The molecule has 1 amide bonds. The highest BCUT2D eigenvalue weighted by Crippen LogP contribution is 2.39. The number of piperazine rings is 1. The number of dihydropyridines is 1. The first kappa shape index (κ1) is 31.8. The van der Waals surface area contributed by atoms with Crippen molar-refractivity contribution in [3.63, 3.8) is 0 Å². The summed E-state index contributed by atoms with van der Waals surface area (Å²) < 4.78 is 34.8. The monoisotopic (exact) mass is 695 g/mol. The number of benzene rings is 2. The predicted octanol–water partition coefficient (Wildman–Crippen LogP) is 4.76. The van der Waals surface area contributed by atoms with Gasteiger partial charge in [0.1, 0.15) is 5.75 Å². The van der Waals surface area contributed by atoms with E-state index in [1.54, 1.807) is 12.1 Å². The van der Waals surface area contributed by atoms with Gasteiger partial charge in [0, 0.05) is 56.4 Å². The summed E-state index contributed by atoms with van der Waals surface area (Å²) in [6, 6.07) is 16.5. The van der Waals surface area contributed by atoms with Crippen LogP contribution in [-0.4, -0.2) is 86.6 Å². The van der Waals surface area contributed by atoms with Gasteiger partial charge in [0.25, 0.3) is 10.0 Å². The number of carbonyl (C=O) groups excluding carboxylic acids is 1. The maximum atomic E-state index is 13.5. The molecule has 1 aliphatic carbocycles. The Bertz CT molecular complexity index is 1590. The standard InChI is InChI=1S/C34H42BrN5O4S/c1-24-8-11-30-26(20-24)9-10-27-22-28(35)23-36-32(27)33(30)39-18-16-38(17-19-39)31(41)21-25-12-14-40(15-13-25)34(37-45(2,42)43)44-29-6-4-3-5-7-29/h3-8,11,20,22-23,25,32-33,36H,9-10,12-19,21H2,1-2H3/b37-34-. The highest BCUT2D eigenvalue weighted by molar-refractivity contribution is 9.11. The Morgan fingerprint density at radius 3 is 2.44 bits per heavy atom. The minimum absolute atomic E-state index is 0.0909. The largest absolute Gasteiger partial charge is 0.425 e. The average Bonchev–Trinajstić information content (AvgIpc) is 3.17. The molecule has 0 bridgehead atoms. The van der Waals surface area contributed by atoms with Gasteiger partial charge in [0.2, 0.25) is 5.91 Å². The van der Waals surface area contributed by atoms with Gasteiger partial charge < -0.3 is 19.9 Å². The fourth-order valence-corrected chi connectivity index (χ4v) is 7.91. The second-order valence-electron chi connectivity index (χ2n) is 12.6. The number of halogens is 1. The summed E-state index contributed by atoms with van der Waals surface area (Å²) in [6.45, 7) is 6.44. The first-order valence-corrected chi connectivity index (χ1v) is 18.5. The summed E-state index contributed by atoms with van der Waals surface area (Å²) in [5.74, 6) is 0.984. The summed E-state index contributed by atoms with van der Waals surface area (Å²) in [6.07, 6.45) is 9.54. The molecule has 1 N–H and O–H groups in total. The van der Waals surface area contributed by atoms with Crippen molar-refractivity contribution in [1.29, 1.82) is 0 Å². The van der Waals surface area contributed by atoms with Crippen LogP contribution < -0.4 is 10.1 Å². The van der Waals surface area contributed by atoms with Crippen LogP contribution in [0.1, 0.15) is 48.4 Å². The number of piperidine rings is 1. The van der Waals surface area contributed by atoms with Gasteiger partial charge in [0.05, 0.1) is 18.3 Å². The van der Waals surface area contributed by atoms with E-state index < -0.39 is 10.0 Å². The number of rotatable bonds is 5. The van der Waals surface area contributed by atoms with Crippen LogP contribution in [0.25, 0.3) is 0 Å². The van der Waals surface area contributed by atoms with Gasteiger partial charge in [-0.2, -0.15) is 0 Å². The fraction of sp³-hybridized carbons (Fsp3) is 0.471. The average molecular weight is 697 g/mol. The fourth-order valence-electron chi connectivity index (χ4n) is 7.04. The molecule has 45 heavy (non-hydrogen) atoms. The molecule has 0 aromatic heterocycles. The lowest BCUT2D eigenvalue weighted by atomic mass is 9.90. The predicted molar refractivity (Wildman–Crippen MR) is 181 cm³/mol. The molecule has 2 atom stereocenters. The number of ether oxygens (including phenoxy) is 1. The van der Waals surface area contributed by atoms with Crippen LogP contribution in [-0.2, 0) is 21.2 Å². The highest BCUT2D eigenvalue weighted by atomic mass is 79.9. The van der Waals surface area contributed by atoms with Gasteiger partial charge in [-0.15, -0.1) is 4.40 Å². The van der Waals surface area contributed by atoms with E-state index >= 15 is 0 Å². The van der Waals surface area contributed by atoms with Crippen LogP contribution in [0.4, 0.5) is 0 Å². The molecule has 2 aromatic carbocycles. The number of allylic oxidation sites excluding steroid dienone is 2. The Balaban J connectivity index is 1.06. The molecule has 2 fully saturated rings. The normalized spacial score (nSPS) is 23.2. The second-order valence-corrected chi connectivity index (χ2v) is 15.2. The number of nitrogens with zero attached hydrogens (tertiary/aromatic N) is 4. The number of fused-ring (bicyclic) bond motifs is 2. The molecule has 0 spiro atoms. The molecule has 2 unspecified atom stereocenters. The van der Waals surface area contributed by atoms with Crippen molar-refractivity contribution in [2.45, 2.75) is 51.1 Å². The molecule has 2 aromatic rings. The van der Waals surface area contributed by atoms with E-state index in [1.807, 2.05) is 28.0 Å². The quantitative estimate of drug-likeness (QED) is 0.356. The van der Waals surface area contributed by atoms with Crippen LogP contribution in [0.5, 0.6) is 5.75 Å². The van der Waals surface area contributed by atoms with Crippen LogP contribution in [0, 0.1) is 12.8 Å². The zero-order chi connectivity index (χ0) is 31.6. The number of para-hydroxylation sites is 1. The Hall–Kier alpha value is -3.15. The topological polar surface area (TPSA) is 94.5 Å². The number of sulfonamides is 1. The van der Waals surface area contributed by atoms with Gasteiger partial charge in [-0.1, -0.05) is 42.0 Å². The summed E-state index contributed by atoms with van der Waals surface area (Å²) in [5, 5.41) is 3.69. The molecule has 9 nitrogen and oxygen atoms in total. The molecular weight excluding hydrogens is 654 g/mol. The van der Waals surface area contributed by atoms with Crippen molar-refractivity contribution >= 4 is 37.9 Å². The third kappa shape index (κ3) is 7.81. The maximum absolute atomic E-state index is 13.5. The molecule has 0 saturated carbocycles. The number of likely N-dealkylation sites (tertiary alicyclic amines) is 1. The SMILES string of the molecule is Cc1ccc2c(c1)CCC1=CC(Br)=CNC1C2N1CCN(C(=O)CC2CCN(/C(=N/S(C)(=O)=O)Oc3ccccc3)CC2)CC1. The molecule has 6 rings (SSSR count). The van der Waals surface area contributed by atoms with Gasteiger partial charge >= 0.3 is 6.02 Å². The van der Waals surface area contributed by atoms with Crippen molar-refractivity contribution in [1.82, 2.24) is 20.0 Å². The third-order valence-corrected chi connectivity index (χ3v) is 10.3. The summed E-state index contributed by atoms with van der Waals surface area (Å²) >= 11 is 3.66. The number of amides is 1. The maximum Gasteiger partial charge on any atom is 0.308 e. The lowest BCUT2D eigenvalue weighted by Crippen LogP contribution is -2.54. The minimum Gasteiger partial charge on any atom is -0.425 e. The first-order chi connectivity index (χ1) is 21.6. The lowest BCUT2D eigenvalue weighted by Gasteiger charge is -2.44. The van der Waals surface area contributed by atoms with Crippen molar-refractivity contribution in [3.05, 3.63) is 87.6 Å². The zero-order valence-electron chi connectivity index (χ0n) is 26.0. The van der Waals surface area contributed by atoms with Crippen LogP contribution >= 0.6 is 15.9 Å². The van der Waals surface area contributed by atoms with Crippen LogP contribution in [0.3, 0.4) is 0 Å². The number of carbonyl (C=O) groups is 1. The van der Waals surface area contributed by atoms with E-state index in [0.717, 1.165) is 62.6 Å². The minimum atomic E-state index is -3.64. The number of hydrogen-bond acceptors (Lipinski definition) is 6. The lowest BCUT2D eigenvalue weighted by molar-refractivity contribution is -0.134. The summed E-state index contributed by atoms with van der Waals surface area (Å²) in [4.78, 5) is 19.9. The number of aryl methyl sites for hydroxylation is 2. The van der Waals surface area contributed by atoms with Gasteiger partial charge in [-0.3, -0.25) is 9.69 Å². The molecular formula is C34H42BrN5O4S. The molecule has 3 heterocycles. The van der Waals surface area contributed by atoms with E-state index in [2.05, 4.69) is 67.9 Å². The van der Waals surface area contributed by atoms with E-state index in [-0.39, 0.29) is 29.9 Å². The Kier molecular flexibility index (Phi) is 9.68. The van der Waals surface area contributed by atoms with E-state index in [0.29, 0.717) is 25.3 Å². The molecule has 240 valence electrons. The van der Waals surface area contributed by atoms with E-state index in [4.69, 9.17) is 4.74 Å². The van der Waals surface area contributed by atoms with Gasteiger partial charge in [-0.25, -0.2) is 8.42 Å². The molecule has 2 saturated heterocycles. The van der Waals surface area contributed by atoms with Gasteiger partial charge in [-0.05, 0) is 89.4 Å². The molecule has 11 heteroatoms. The van der Waals surface area contributed by atoms with Crippen LogP contribution in [0.2, 0.25) is 0 Å². The highest BCUT2D eigenvalue weighted by Gasteiger charge is 2.38. The molecule has 3 aliphatic heterocycles. The number of amidine groups is 1. The van der Waals surface area contributed by atoms with Crippen molar-refractivity contribution in [3.8, 4) is 5.75 Å². The van der Waals surface area contributed by atoms with Crippen molar-refractivity contribution < 1.29 is 17.9 Å². The summed E-state index contributed by atoms with van der Waals surface area (Å²) in [5.41, 5.74) is 5.54. The Morgan fingerprint density at radius 2 is 1.73 bits per heavy atom. The third-order valence-electron chi connectivity index (χ3n) is 9.34. The summed E-state index contributed by atoms with van der Waals surface area (Å²) in [7, 11) is -3.64. The first-order valence-electron chi connectivity index (χ1n) is 15.8. The molecule has 0 radical (unpaired) electrons. The number of hydrogen-bond donors (Lipinski definition) is 1. The van der Waals surface area contributed by atoms with Crippen LogP contribution in [0.15, 0.2) is 75.3 Å². The van der Waals surface area contributed by atoms with E-state index in [9.17, 15) is 13.2 Å². The van der Waals surface area contributed by atoms with Gasteiger partial charge in [0.15, 0.2) is 0 Å².